The number of hydrogen-bond donors (Lipinski definition) is 1. The fourth-order valence-electron chi connectivity index (χ4n) is 4.21. The van der Waals surface area contributed by atoms with Gasteiger partial charge >= 0.3 is 0 Å². The van der Waals surface area contributed by atoms with Crippen LogP contribution in [-0.4, -0.2) is 35.3 Å². The Bertz CT molecular complexity index is 866. The van der Waals surface area contributed by atoms with E-state index in [9.17, 15) is 0 Å². The van der Waals surface area contributed by atoms with Gasteiger partial charge in [0, 0.05) is 18.2 Å². The molecular weight excluding hydrogens is 346 g/mol. The molecular formula is C24H29N3O. The van der Waals surface area contributed by atoms with Crippen LogP contribution in [0.4, 0.5) is 0 Å². The van der Waals surface area contributed by atoms with Gasteiger partial charge in [0.15, 0.2) is 0 Å². The highest BCUT2D eigenvalue weighted by molar-refractivity contribution is 5.28. The molecule has 0 radical (unpaired) electrons. The molecule has 0 spiro atoms. The molecule has 1 N–H and O–H groups in total. The van der Waals surface area contributed by atoms with E-state index in [4.69, 9.17) is 4.74 Å². The van der Waals surface area contributed by atoms with Gasteiger partial charge in [0.25, 0.3) is 0 Å². The first-order valence-electron chi connectivity index (χ1n) is 10.2. The average molecular weight is 376 g/mol. The fourth-order valence-corrected chi connectivity index (χ4v) is 4.21. The lowest BCUT2D eigenvalue weighted by molar-refractivity contribution is 0.202. The Labute approximate surface area is 167 Å². The Balaban J connectivity index is 1.32. The zero-order chi connectivity index (χ0) is 19.2. The summed E-state index contributed by atoms with van der Waals surface area (Å²) in [5.74, 6) is 1.53. The van der Waals surface area contributed by atoms with Crippen LogP contribution in [-0.2, 0) is 19.4 Å². The Morgan fingerprint density at radius 1 is 1.00 bits per heavy atom. The van der Waals surface area contributed by atoms with Crippen LogP contribution >= 0.6 is 0 Å². The van der Waals surface area contributed by atoms with Crippen molar-refractivity contribution in [3.05, 3.63) is 83.2 Å². The zero-order valence-electron chi connectivity index (χ0n) is 16.6. The third kappa shape index (κ3) is 4.63. The summed E-state index contributed by atoms with van der Waals surface area (Å²) in [7, 11) is 1.73. The lowest BCUT2D eigenvalue weighted by Crippen LogP contribution is -2.32. The normalized spacial score (nSPS) is 15.6. The van der Waals surface area contributed by atoms with Crippen LogP contribution in [0.15, 0.2) is 60.8 Å². The van der Waals surface area contributed by atoms with Gasteiger partial charge in [0.1, 0.15) is 5.75 Å². The first-order valence-corrected chi connectivity index (χ1v) is 10.2. The summed E-state index contributed by atoms with van der Waals surface area (Å²) < 4.78 is 5.35. The van der Waals surface area contributed by atoms with E-state index in [1.54, 1.807) is 7.11 Å². The van der Waals surface area contributed by atoms with E-state index >= 15 is 0 Å². The summed E-state index contributed by atoms with van der Waals surface area (Å²) in [5.41, 5.74) is 5.46. The molecule has 1 saturated heterocycles. The summed E-state index contributed by atoms with van der Waals surface area (Å²) in [4.78, 5) is 2.55. The Morgan fingerprint density at radius 2 is 1.79 bits per heavy atom. The van der Waals surface area contributed by atoms with Crippen LogP contribution in [0, 0.1) is 0 Å². The summed E-state index contributed by atoms with van der Waals surface area (Å²) >= 11 is 0. The van der Waals surface area contributed by atoms with Gasteiger partial charge in [0.05, 0.1) is 13.3 Å². The van der Waals surface area contributed by atoms with Gasteiger partial charge in [-0.05, 0) is 67.6 Å². The van der Waals surface area contributed by atoms with Crippen LogP contribution in [0.5, 0.6) is 5.75 Å². The summed E-state index contributed by atoms with van der Waals surface area (Å²) in [6.07, 6.45) is 6.53. The molecule has 146 valence electrons. The van der Waals surface area contributed by atoms with Crippen LogP contribution in [0.3, 0.4) is 0 Å². The summed E-state index contributed by atoms with van der Waals surface area (Å²) in [6.45, 7) is 3.24. The monoisotopic (exact) mass is 375 g/mol. The molecule has 1 fully saturated rings. The van der Waals surface area contributed by atoms with Crippen LogP contribution in [0.25, 0.3) is 0 Å². The standard InChI is InChI=1S/C24H29N3O/c1-28-23-9-5-8-20(16-23)18-27-14-12-21(13-15-27)24-22(17-25-26-24)11-10-19-6-3-2-4-7-19/h2-9,16-17,21H,10-15,18H2,1H3,(H,25,26). The van der Waals surface area contributed by atoms with Gasteiger partial charge in [-0.3, -0.25) is 10.00 Å². The number of nitrogens with one attached hydrogen (secondary N) is 1. The maximum absolute atomic E-state index is 5.35. The number of aryl methyl sites for hydroxylation is 2. The number of methoxy groups -OCH3 is 1. The van der Waals surface area contributed by atoms with Gasteiger partial charge in [-0.1, -0.05) is 42.5 Å². The van der Waals surface area contributed by atoms with Crippen molar-refractivity contribution in [2.24, 2.45) is 0 Å². The van der Waals surface area contributed by atoms with E-state index in [-0.39, 0.29) is 0 Å². The largest absolute Gasteiger partial charge is 0.497 e. The van der Waals surface area contributed by atoms with Crippen LogP contribution < -0.4 is 4.74 Å². The molecule has 1 aliphatic rings. The van der Waals surface area contributed by atoms with Gasteiger partial charge in [0.2, 0.25) is 0 Å². The molecule has 0 aliphatic carbocycles. The lowest BCUT2D eigenvalue weighted by atomic mass is 9.89. The topological polar surface area (TPSA) is 41.1 Å². The lowest BCUT2D eigenvalue weighted by Gasteiger charge is -2.32. The number of benzene rings is 2. The van der Waals surface area contributed by atoms with Crippen molar-refractivity contribution < 1.29 is 4.74 Å². The summed E-state index contributed by atoms with van der Waals surface area (Å²) in [5, 5.41) is 7.67. The van der Waals surface area contributed by atoms with E-state index < -0.39 is 0 Å². The molecule has 0 atom stereocenters. The Hall–Kier alpha value is -2.59. The highest BCUT2D eigenvalue weighted by Gasteiger charge is 2.24. The van der Waals surface area contributed by atoms with Crippen molar-refractivity contribution in [2.45, 2.75) is 38.1 Å². The third-order valence-electron chi connectivity index (χ3n) is 5.81. The SMILES string of the molecule is COc1cccc(CN2CCC(c3[nH]ncc3CCc3ccccc3)CC2)c1. The predicted molar refractivity (Wildman–Crippen MR) is 113 cm³/mol. The van der Waals surface area contributed by atoms with Gasteiger partial charge in [-0.15, -0.1) is 0 Å². The van der Waals surface area contributed by atoms with E-state index in [2.05, 4.69) is 63.6 Å². The number of aromatic nitrogens is 2. The number of likely N-dealkylation sites (tertiary alicyclic amines) is 1. The van der Waals surface area contributed by atoms with Crippen molar-refractivity contribution in [3.8, 4) is 5.75 Å². The molecule has 0 amide bonds. The second-order valence-corrected chi connectivity index (χ2v) is 7.70. The number of nitrogens with zero attached hydrogens (tertiary/aromatic N) is 2. The third-order valence-corrected chi connectivity index (χ3v) is 5.81. The molecule has 0 unspecified atom stereocenters. The molecule has 0 saturated carbocycles. The fraction of sp³-hybridized carbons (Fsp3) is 0.375. The predicted octanol–water partition coefficient (Wildman–Crippen LogP) is 4.58. The molecule has 28 heavy (non-hydrogen) atoms. The zero-order valence-corrected chi connectivity index (χ0v) is 16.6. The van der Waals surface area contributed by atoms with Crippen molar-refractivity contribution in [1.82, 2.24) is 15.1 Å². The van der Waals surface area contributed by atoms with Crippen molar-refractivity contribution in [3.63, 3.8) is 0 Å². The molecule has 2 aromatic carbocycles. The molecule has 3 aromatic rings. The van der Waals surface area contributed by atoms with E-state index in [1.165, 1.54) is 35.2 Å². The first-order chi connectivity index (χ1) is 13.8. The Morgan fingerprint density at radius 3 is 2.57 bits per heavy atom. The summed E-state index contributed by atoms with van der Waals surface area (Å²) in [6, 6.07) is 19.1. The number of aromatic amines is 1. The first kappa shape index (κ1) is 18.8. The second kappa shape index (κ2) is 9.07. The van der Waals surface area contributed by atoms with E-state index in [0.717, 1.165) is 38.2 Å². The molecule has 1 aliphatic heterocycles. The van der Waals surface area contributed by atoms with Crippen molar-refractivity contribution >= 4 is 0 Å². The Kier molecular flexibility index (Phi) is 6.07. The minimum absolute atomic E-state index is 0.592. The quantitative estimate of drug-likeness (QED) is 0.657. The highest BCUT2D eigenvalue weighted by atomic mass is 16.5. The van der Waals surface area contributed by atoms with E-state index in [0.29, 0.717) is 5.92 Å². The number of H-pyrrole nitrogens is 1. The number of hydrogen-bond acceptors (Lipinski definition) is 3. The molecule has 0 bridgehead atoms. The molecule has 2 heterocycles. The van der Waals surface area contributed by atoms with Gasteiger partial charge in [-0.25, -0.2) is 0 Å². The van der Waals surface area contributed by atoms with E-state index in [1.807, 2.05) is 12.3 Å². The molecule has 4 heteroatoms. The number of piperidine rings is 1. The maximum atomic E-state index is 5.35. The minimum Gasteiger partial charge on any atom is -0.497 e. The number of rotatable bonds is 7. The average Bonchev–Trinajstić information content (AvgIpc) is 3.22. The molecule has 4 nitrogen and oxygen atoms in total. The van der Waals surface area contributed by atoms with Gasteiger partial charge < -0.3 is 4.74 Å². The van der Waals surface area contributed by atoms with Gasteiger partial charge in [-0.2, -0.15) is 5.10 Å². The minimum atomic E-state index is 0.592. The highest BCUT2D eigenvalue weighted by Crippen LogP contribution is 2.30. The van der Waals surface area contributed by atoms with Crippen LogP contribution in [0.2, 0.25) is 0 Å². The maximum Gasteiger partial charge on any atom is 0.119 e. The molecule has 4 rings (SSSR count). The smallest absolute Gasteiger partial charge is 0.119 e. The van der Waals surface area contributed by atoms with Crippen LogP contribution in [0.1, 0.15) is 41.1 Å². The van der Waals surface area contributed by atoms with Crippen molar-refractivity contribution in [2.75, 3.05) is 20.2 Å². The second-order valence-electron chi connectivity index (χ2n) is 7.70. The molecule has 1 aromatic heterocycles. The van der Waals surface area contributed by atoms with Crippen molar-refractivity contribution in [1.29, 1.82) is 0 Å². The number of ether oxygens (including phenoxy) is 1.